The van der Waals surface area contributed by atoms with Crippen LogP contribution in [0.5, 0.6) is 0 Å². The molecule has 9 aromatic carbocycles. The molecular weight excluding hydrogens is 637 g/mol. The third-order valence-corrected chi connectivity index (χ3v) is 11.1. The minimum absolute atomic E-state index is 1.10. The highest BCUT2D eigenvalue weighted by atomic mass is 32.1. The summed E-state index contributed by atoms with van der Waals surface area (Å²) in [5, 5.41) is 9.97. The summed E-state index contributed by atoms with van der Waals surface area (Å²) in [4.78, 5) is 4.85. The van der Waals surface area contributed by atoms with Crippen molar-refractivity contribution in [2.24, 2.45) is 0 Å². The Balaban J connectivity index is 1.32. The molecule has 240 valence electrons. The summed E-state index contributed by atoms with van der Waals surface area (Å²) in [5.74, 6) is 0. The standard InChI is InChI=1S/C48H32N2S/c1-3-18-38(19-4-1)49(40-26-23-33-13-7-9-16-36(33)29-40)42-31-44-47-43-22-12-11-15-35(43)25-28-46(47)51-48(44)45(32-42)50(39-20-5-2-6-21-39)41-27-24-34-14-8-10-17-37(34)30-41/h1-32H. The fourth-order valence-electron chi connectivity index (χ4n) is 7.57. The largest absolute Gasteiger partial charge is 0.310 e. The second kappa shape index (κ2) is 12.2. The number of benzene rings is 9. The van der Waals surface area contributed by atoms with E-state index in [-0.39, 0.29) is 0 Å². The number of hydrogen-bond donors (Lipinski definition) is 0. The first-order valence-electron chi connectivity index (χ1n) is 17.3. The second-order valence-corrected chi connectivity index (χ2v) is 14.1. The van der Waals surface area contributed by atoms with Crippen LogP contribution in [-0.2, 0) is 0 Å². The Bertz CT molecular complexity index is 2880. The van der Waals surface area contributed by atoms with Crippen LogP contribution in [0.15, 0.2) is 194 Å². The van der Waals surface area contributed by atoms with Gasteiger partial charge in [-0.25, -0.2) is 0 Å². The van der Waals surface area contributed by atoms with Crippen LogP contribution in [0.2, 0.25) is 0 Å². The van der Waals surface area contributed by atoms with E-state index in [0.717, 1.165) is 34.1 Å². The Kier molecular flexibility index (Phi) is 7.04. The van der Waals surface area contributed by atoms with Gasteiger partial charge in [0, 0.05) is 43.9 Å². The summed E-state index contributed by atoms with van der Waals surface area (Å²) in [6, 6.07) is 70.5. The summed E-state index contributed by atoms with van der Waals surface area (Å²) < 4.78 is 2.54. The SMILES string of the molecule is c1ccc(N(c2ccc3ccccc3c2)c2cc(N(c3ccccc3)c3ccc4ccccc4c3)c3sc4ccc5ccccc5c4c3c2)cc1. The van der Waals surface area contributed by atoms with E-state index in [1.807, 2.05) is 11.3 Å². The van der Waals surface area contributed by atoms with Gasteiger partial charge in [-0.05, 0) is 99.0 Å². The van der Waals surface area contributed by atoms with Crippen LogP contribution in [0.1, 0.15) is 0 Å². The van der Waals surface area contributed by atoms with Gasteiger partial charge in [0.2, 0.25) is 0 Å². The molecule has 0 aliphatic heterocycles. The van der Waals surface area contributed by atoms with Crippen molar-refractivity contribution >= 4 is 98.0 Å². The van der Waals surface area contributed by atoms with Crippen molar-refractivity contribution in [2.75, 3.05) is 9.80 Å². The molecule has 3 heteroatoms. The van der Waals surface area contributed by atoms with E-state index >= 15 is 0 Å². The monoisotopic (exact) mass is 668 g/mol. The lowest BCUT2D eigenvalue weighted by molar-refractivity contribution is 1.27. The van der Waals surface area contributed by atoms with E-state index in [4.69, 9.17) is 0 Å². The predicted molar refractivity (Wildman–Crippen MR) is 221 cm³/mol. The lowest BCUT2D eigenvalue weighted by Gasteiger charge is -2.30. The van der Waals surface area contributed by atoms with E-state index in [2.05, 4.69) is 204 Å². The zero-order valence-corrected chi connectivity index (χ0v) is 28.6. The number of fused-ring (bicyclic) bond motifs is 7. The molecule has 0 amide bonds. The third kappa shape index (κ3) is 5.10. The van der Waals surface area contributed by atoms with Crippen molar-refractivity contribution in [3.05, 3.63) is 194 Å². The normalized spacial score (nSPS) is 11.5. The predicted octanol–water partition coefficient (Wildman–Crippen LogP) is 14.5. The molecule has 10 aromatic rings. The molecule has 1 aromatic heterocycles. The number of para-hydroxylation sites is 2. The van der Waals surface area contributed by atoms with E-state index in [1.165, 1.54) is 52.5 Å². The van der Waals surface area contributed by atoms with Gasteiger partial charge in [-0.15, -0.1) is 11.3 Å². The molecule has 0 aliphatic carbocycles. The van der Waals surface area contributed by atoms with Gasteiger partial charge in [-0.3, -0.25) is 0 Å². The van der Waals surface area contributed by atoms with Gasteiger partial charge in [-0.2, -0.15) is 0 Å². The first kappa shape index (κ1) is 29.5. The van der Waals surface area contributed by atoms with Crippen molar-refractivity contribution in [3.63, 3.8) is 0 Å². The van der Waals surface area contributed by atoms with Gasteiger partial charge in [-0.1, -0.05) is 127 Å². The van der Waals surface area contributed by atoms with Gasteiger partial charge < -0.3 is 9.80 Å². The highest BCUT2D eigenvalue weighted by molar-refractivity contribution is 7.26. The maximum absolute atomic E-state index is 2.44. The molecule has 0 saturated heterocycles. The molecule has 1 heterocycles. The fourth-order valence-corrected chi connectivity index (χ4v) is 8.78. The summed E-state index contributed by atoms with van der Waals surface area (Å²) in [5.41, 5.74) is 6.72. The van der Waals surface area contributed by atoms with Crippen molar-refractivity contribution in [3.8, 4) is 0 Å². The molecule has 0 fully saturated rings. The molecule has 0 unspecified atom stereocenters. The smallest absolute Gasteiger partial charge is 0.0661 e. The molecular formula is C48H32N2S. The zero-order valence-electron chi connectivity index (χ0n) is 27.8. The van der Waals surface area contributed by atoms with E-state index in [9.17, 15) is 0 Å². The summed E-state index contributed by atoms with van der Waals surface area (Å²) in [6.45, 7) is 0. The minimum Gasteiger partial charge on any atom is -0.310 e. The number of hydrogen-bond acceptors (Lipinski definition) is 3. The maximum Gasteiger partial charge on any atom is 0.0661 e. The molecule has 0 bridgehead atoms. The minimum atomic E-state index is 1.10. The Morgan fingerprint density at radius 3 is 1.47 bits per heavy atom. The Labute approximate surface area is 300 Å². The second-order valence-electron chi connectivity index (χ2n) is 13.0. The lowest BCUT2D eigenvalue weighted by Crippen LogP contribution is -2.13. The van der Waals surface area contributed by atoms with Crippen LogP contribution < -0.4 is 9.80 Å². The molecule has 0 N–H and O–H groups in total. The van der Waals surface area contributed by atoms with Crippen LogP contribution in [0.25, 0.3) is 52.5 Å². The van der Waals surface area contributed by atoms with Crippen molar-refractivity contribution in [1.29, 1.82) is 0 Å². The Morgan fingerprint density at radius 1 is 0.314 bits per heavy atom. The number of thiophene rings is 1. The summed E-state index contributed by atoms with van der Waals surface area (Å²) in [7, 11) is 0. The first-order chi connectivity index (χ1) is 25.3. The highest BCUT2D eigenvalue weighted by Crippen LogP contribution is 2.50. The van der Waals surface area contributed by atoms with Crippen molar-refractivity contribution in [2.45, 2.75) is 0 Å². The quantitative estimate of drug-likeness (QED) is 0.174. The van der Waals surface area contributed by atoms with E-state index < -0.39 is 0 Å². The lowest BCUT2D eigenvalue weighted by atomic mass is 10.0. The average molecular weight is 669 g/mol. The van der Waals surface area contributed by atoms with Gasteiger partial charge in [0.15, 0.2) is 0 Å². The summed E-state index contributed by atoms with van der Waals surface area (Å²) in [6.07, 6.45) is 0. The van der Waals surface area contributed by atoms with Gasteiger partial charge >= 0.3 is 0 Å². The van der Waals surface area contributed by atoms with Crippen LogP contribution in [0.3, 0.4) is 0 Å². The van der Waals surface area contributed by atoms with Gasteiger partial charge in [0.25, 0.3) is 0 Å². The maximum atomic E-state index is 2.44. The Morgan fingerprint density at radius 2 is 0.824 bits per heavy atom. The molecule has 51 heavy (non-hydrogen) atoms. The van der Waals surface area contributed by atoms with Gasteiger partial charge in [0.1, 0.15) is 0 Å². The third-order valence-electron chi connectivity index (χ3n) is 9.94. The first-order valence-corrected chi connectivity index (χ1v) is 18.2. The topological polar surface area (TPSA) is 6.48 Å². The molecule has 0 radical (unpaired) electrons. The van der Waals surface area contributed by atoms with Crippen LogP contribution in [0.4, 0.5) is 34.1 Å². The molecule has 0 saturated carbocycles. The molecule has 0 spiro atoms. The fraction of sp³-hybridized carbons (Fsp3) is 0. The van der Waals surface area contributed by atoms with E-state index in [1.54, 1.807) is 0 Å². The number of anilines is 6. The van der Waals surface area contributed by atoms with Crippen LogP contribution in [-0.4, -0.2) is 0 Å². The molecule has 2 nitrogen and oxygen atoms in total. The highest BCUT2D eigenvalue weighted by Gasteiger charge is 2.23. The van der Waals surface area contributed by atoms with E-state index in [0.29, 0.717) is 0 Å². The average Bonchev–Trinajstić information content (AvgIpc) is 3.58. The van der Waals surface area contributed by atoms with Crippen molar-refractivity contribution < 1.29 is 0 Å². The van der Waals surface area contributed by atoms with Crippen molar-refractivity contribution in [1.82, 2.24) is 0 Å². The zero-order chi connectivity index (χ0) is 33.7. The number of rotatable bonds is 6. The molecule has 0 aliphatic rings. The Hall–Kier alpha value is -6.42. The molecule has 0 atom stereocenters. The summed E-state index contributed by atoms with van der Waals surface area (Å²) >= 11 is 1.88. The van der Waals surface area contributed by atoms with Gasteiger partial charge in [0.05, 0.1) is 10.4 Å². The van der Waals surface area contributed by atoms with Crippen LogP contribution >= 0.6 is 11.3 Å². The molecule has 10 rings (SSSR count). The number of nitrogens with zero attached hydrogens (tertiary/aromatic N) is 2. The van der Waals surface area contributed by atoms with Crippen LogP contribution in [0, 0.1) is 0 Å².